The molecule has 2 aliphatic heterocycles. The second kappa shape index (κ2) is 8.35. The van der Waals surface area contributed by atoms with Crippen molar-refractivity contribution in [2.75, 3.05) is 26.7 Å². The third-order valence-corrected chi connectivity index (χ3v) is 5.62. The SMILES string of the molecule is COC(=O)C1=C(CN2C[C@@H](C)C[C@H](C)C2)NC(=O)N[C@H]1c1ccc(C)cc1C. The number of nitrogens with zero attached hydrogens (tertiary/aromatic N) is 1. The van der Waals surface area contributed by atoms with Crippen LogP contribution in [0.3, 0.4) is 0 Å². The maximum atomic E-state index is 12.7. The first-order valence-electron chi connectivity index (χ1n) is 9.96. The molecule has 2 N–H and O–H groups in total. The van der Waals surface area contributed by atoms with Gasteiger partial charge in [-0.3, -0.25) is 4.90 Å². The predicted octanol–water partition coefficient (Wildman–Crippen LogP) is 3.06. The Labute approximate surface area is 167 Å². The molecule has 0 radical (unpaired) electrons. The van der Waals surface area contributed by atoms with E-state index in [4.69, 9.17) is 4.74 Å². The highest BCUT2D eigenvalue weighted by molar-refractivity contribution is 5.95. The molecule has 1 aromatic carbocycles. The molecule has 0 aromatic heterocycles. The number of likely N-dealkylation sites (tertiary alicyclic amines) is 1. The average Bonchev–Trinajstić information content (AvgIpc) is 2.59. The topological polar surface area (TPSA) is 70.7 Å². The number of rotatable bonds is 4. The van der Waals surface area contributed by atoms with Crippen molar-refractivity contribution in [3.8, 4) is 0 Å². The minimum atomic E-state index is -0.517. The lowest BCUT2D eigenvalue weighted by Gasteiger charge is -2.37. The van der Waals surface area contributed by atoms with E-state index >= 15 is 0 Å². The Hall–Kier alpha value is -2.34. The number of carbonyl (C=O) groups is 2. The average molecular weight is 386 g/mol. The molecule has 2 heterocycles. The highest BCUT2D eigenvalue weighted by Crippen LogP contribution is 2.31. The van der Waals surface area contributed by atoms with Crippen molar-refractivity contribution in [3.05, 3.63) is 46.2 Å². The standard InChI is InChI=1S/C22H31N3O3/c1-13-6-7-17(16(4)9-13)20-19(21(26)28-5)18(23-22(27)24-20)12-25-10-14(2)8-15(3)11-25/h6-7,9,14-15,20H,8,10-12H2,1-5H3,(H2,23,24,27)/t14-,15-,20-/m0/s1. The Morgan fingerprint density at radius 1 is 1.21 bits per heavy atom. The lowest BCUT2D eigenvalue weighted by molar-refractivity contribution is -0.136. The summed E-state index contributed by atoms with van der Waals surface area (Å²) in [5.41, 5.74) is 4.22. The molecule has 2 aliphatic rings. The summed E-state index contributed by atoms with van der Waals surface area (Å²) in [6.07, 6.45) is 1.21. The van der Waals surface area contributed by atoms with Crippen LogP contribution >= 0.6 is 0 Å². The number of amides is 2. The Morgan fingerprint density at radius 3 is 2.50 bits per heavy atom. The predicted molar refractivity (Wildman–Crippen MR) is 109 cm³/mol. The number of nitrogens with one attached hydrogen (secondary N) is 2. The second-order valence-corrected chi connectivity index (χ2v) is 8.42. The fraction of sp³-hybridized carbons (Fsp3) is 0.545. The fourth-order valence-electron chi connectivity index (χ4n) is 4.62. The summed E-state index contributed by atoms with van der Waals surface area (Å²) in [6.45, 7) is 11.0. The zero-order valence-electron chi connectivity index (χ0n) is 17.5. The molecule has 1 aromatic rings. The summed E-state index contributed by atoms with van der Waals surface area (Å²) >= 11 is 0. The molecule has 3 rings (SSSR count). The molecule has 6 heteroatoms. The molecular formula is C22H31N3O3. The number of hydrogen-bond acceptors (Lipinski definition) is 4. The third kappa shape index (κ3) is 4.38. The monoisotopic (exact) mass is 385 g/mol. The molecule has 6 nitrogen and oxygen atoms in total. The van der Waals surface area contributed by atoms with Gasteiger partial charge in [0, 0.05) is 25.3 Å². The Balaban J connectivity index is 2.00. The van der Waals surface area contributed by atoms with Gasteiger partial charge in [-0.1, -0.05) is 37.6 Å². The van der Waals surface area contributed by atoms with Crippen LogP contribution < -0.4 is 10.6 Å². The van der Waals surface area contributed by atoms with Crippen LogP contribution in [0.5, 0.6) is 0 Å². The van der Waals surface area contributed by atoms with E-state index in [2.05, 4.69) is 35.4 Å². The van der Waals surface area contributed by atoms with Gasteiger partial charge in [0.2, 0.25) is 0 Å². The summed E-state index contributed by atoms with van der Waals surface area (Å²) in [5.74, 6) is 0.780. The van der Waals surface area contributed by atoms with Gasteiger partial charge in [0.25, 0.3) is 0 Å². The van der Waals surface area contributed by atoms with E-state index in [9.17, 15) is 9.59 Å². The minimum absolute atomic E-state index is 0.286. The van der Waals surface area contributed by atoms with Crippen LogP contribution in [0.25, 0.3) is 0 Å². The number of carbonyl (C=O) groups excluding carboxylic acids is 2. The molecule has 1 fully saturated rings. The normalized spacial score (nSPS) is 25.9. The van der Waals surface area contributed by atoms with Crippen molar-refractivity contribution in [1.82, 2.24) is 15.5 Å². The maximum Gasteiger partial charge on any atom is 0.338 e. The lowest BCUT2D eigenvalue weighted by Crippen LogP contribution is -2.50. The minimum Gasteiger partial charge on any atom is -0.466 e. The first-order valence-corrected chi connectivity index (χ1v) is 9.96. The van der Waals surface area contributed by atoms with Crippen LogP contribution in [-0.2, 0) is 9.53 Å². The number of benzene rings is 1. The molecule has 1 saturated heterocycles. The zero-order chi connectivity index (χ0) is 20.4. The first-order chi connectivity index (χ1) is 13.3. The smallest absolute Gasteiger partial charge is 0.338 e. The number of piperidine rings is 1. The van der Waals surface area contributed by atoms with Crippen LogP contribution in [0, 0.1) is 25.7 Å². The van der Waals surface area contributed by atoms with Gasteiger partial charge in [-0.05, 0) is 43.2 Å². The van der Waals surface area contributed by atoms with E-state index in [0.29, 0.717) is 29.7 Å². The molecule has 28 heavy (non-hydrogen) atoms. The largest absolute Gasteiger partial charge is 0.466 e. The summed E-state index contributed by atoms with van der Waals surface area (Å²) in [4.78, 5) is 27.5. The molecule has 0 aliphatic carbocycles. The Morgan fingerprint density at radius 2 is 1.89 bits per heavy atom. The molecular weight excluding hydrogens is 354 g/mol. The molecule has 3 atom stereocenters. The van der Waals surface area contributed by atoms with E-state index in [1.807, 2.05) is 26.0 Å². The summed E-state index contributed by atoms with van der Waals surface area (Å²) in [5, 5.41) is 5.79. The number of aryl methyl sites for hydroxylation is 2. The van der Waals surface area contributed by atoms with E-state index < -0.39 is 12.0 Å². The first kappa shape index (κ1) is 20.4. The van der Waals surface area contributed by atoms with Gasteiger partial charge < -0.3 is 15.4 Å². The van der Waals surface area contributed by atoms with Crippen LogP contribution in [0.2, 0.25) is 0 Å². The van der Waals surface area contributed by atoms with Crippen molar-refractivity contribution in [2.24, 2.45) is 11.8 Å². The number of esters is 1. The van der Waals surface area contributed by atoms with Gasteiger partial charge in [-0.25, -0.2) is 9.59 Å². The van der Waals surface area contributed by atoms with Crippen LogP contribution in [0.1, 0.15) is 43.0 Å². The van der Waals surface area contributed by atoms with Gasteiger partial charge in [-0.15, -0.1) is 0 Å². The van der Waals surface area contributed by atoms with Gasteiger partial charge in [0.1, 0.15) is 0 Å². The van der Waals surface area contributed by atoms with Gasteiger partial charge in [-0.2, -0.15) is 0 Å². The Kier molecular flexibility index (Phi) is 6.08. The van der Waals surface area contributed by atoms with Gasteiger partial charge >= 0.3 is 12.0 Å². The van der Waals surface area contributed by atoms with Crippen LogP contribution in [-0.4, -0.2) is 43.6 Å². The highest BCUT2D eigenvalue weighted by Gasteiger charge is 2.35. The number of ether oxygens (including phenoxy) is 1. The molecule has 0 spiro atoms. The number of hydrogen-bond donors (Lipinski definition) is 2. The molecule has 2 amide bonds. The van der Waals surface area contributed by atoms with Crippen molar-refractivity contribution in [1.29, 1.82) is 0 Å². The molecule has 0 saturated carbocycles. The van der Waals surface area contributed by atoms with Crippen LogP contribution in [0.4, 0.5) is 4.79 Å². The second-order valence-electron chi connectivity index (χ2n) is 8.42. The van der Waals surface area contributed by atoms with Gasteiger partial charge in [0.15, 0.2) is 0 Å². The summed E-state index contributed by atoms with van der Waals surface area (Å²) in [6, 6.07) is 5.24. The fourth-order valence-corrected chi connectivity index (χ4v) is 4.62. The molecule has 152 valence electrons. The van der Waals surface area contributed by atoms with E-state index in [1.165, 1.54) is 13.5 Å². The maximum absolute atomic E-state index is 12.7. The Bertz CT molecular complexity index is 792. The highest BCUT2D eigenvalue weighted by atomic mass is 16.5. The molecule has 0 unspecified atom stereocenters. The van der Waals surface area contributed by atoms with Crippen LogP contribution in [0.15, 0.2) is 29.5 Å². The van der Waals surface area contributed by atoms with E-state index in [1.54, 1.807) is 0 Å². The van der Waals surface area contributed by atoms with Crippen molar-refractivity contribution >= 4 is 12.0 Å². The summed E-state index contributed by atoms with van der Waals surface area (Å²) < 4.78 is 5.10. The zero-order valence-corrected chi connectivity index (χ0v) is 17.5. The van der Waals surface area contributed by atoms with E-state index in [-0.39, 0.29) is 6.03 Å². The lowest BCUT2D eigenvalue weighted by atomic mass is 9.89. The number of methoxy groups -OCH3 is 1. The van der Waals surface area contributed by atoms with Crippen molar-refractivity contribution in [2.45, 2.75) is 40.2 Å². The number of urea groups is 1. The van der Waals surface area contributed by atoms with Crippen molar-refractivity contribution in [3.63, 3.8) is 0 Å². The van der Waals surface area contributed by atoms with E-state index in [0.717, 1.165) is 29.8 Å². The van der Waals surface area contributed by atoms with Gasteiger partial charge in [0.05, 0.1) is 18.7 Å². The third-order valence-electron chi connectivity index (χ3n) is 5.62. The summed E-state index contributed by atoms with van der Waals surface area (Å²) in [7, 11) is 1.38. The van der Waals surface area contributed by atoms with Crippen molar-refractivity contribution < 1.29 is 14.3 Å². The molecule has 0 bridgehead atoms. The quantitative estimate of drug-likeness (QED) is 0.782.